The molecule has 0 saturated heterocycles. The van der Waals surface area contributed by atoms with Crippen molar-refractivity contribution in [3.05, 3.63) is 371 Å². The summed E-state index contributed by atoms with van der Waals surface area (Å²) in [5, 5.41) is 31.8. The summed E-state index contributed by atoms with van der Waals surface area (Å²) in [6, 6.07) is 108. The summed E-state index contributed by atoms with van der Waals surface area (Å²) in [4.78, 5) is 0. The molecule has 15 heteroatoms. The number of benzene rings is 12. The zero-order chi connectivity index (χ0) is 66.3. The average Bonchev–Trinajstić information content (AvgIpc) is 1.69. The first kappa shape index (κ1) is 74.9. The predicted octanol–water partition coefficient (Wildman–Crippen LogP) is 21.8. The van der Waals surface area contributed by atoms with Crippen LogP contribution in [0.4, 0.5) is 0 Å². The van der Waals surface area contributed by atoms with E-state index in [9.17, 15) is 0 Å². The molecule has 101 heavy (non-hydrogen) atoms. The Labute approximate surface area is 645 Å². The van der Waals surface area contributed by atoms with E-state index in [1.165, 1.54) is 38.9 Å². The van der Waals surface area contributed by atoms with Crippen LogP contribution in [0, 0.1) is 27.7 Å². The largest absolute Gasteiger partial charge is 0.428 e. The second-order valence-corrected chi connectivity index (χ2v) is 23.7. The van der Waals surface area contributed by atoms with Crippen LogP contribution in [0.3, 0.4) is 0 Å². The van der Waals surface area contributed by atoms with Gasteiger partial charge in [0.05, 0.1) is 10.7 Å². The fourth-order valence-corrected chi connectivity index (χ4v) is 11.9. The molecule has 0 unspecified atom stereocenters. The van der Waals surface area contributed by atoms with Crippen molar-refractivity contribution in [2.75, 3.05) is 0 Å². The summed E-state index contributed by atoms with van der Waals surface area (Å²) < 4.78 is 13.4. The fourth-order valence-electron chi connectivity index (χ4n) is 11.0. The topological polar surface area (TPSA) is 121 Å². The van der Waals surface area contributed by atoms with Crippen LogP contribution in [0.5, 0.6) is 0 Å². The van der Waals surface area contributed by atoms with Crippen molar-refractivity contribution in [3.63, 3.8) is 0 Å². The van der Waals surface area contributed by atoms with E-state index < -0.39 is 0 Å². The Morgan fingerprint density at radius 3 is 1.05 bits per heavy atom. The summed E-state index contributed by atoms with van der Waals surface area (Å²) in [5.41, 5.74) is 22.0. The third kappa shape index (κ3) is 18.4. The Hall–Kier alpha value is -10.3. The Morgan fingerprint density at radius 1 is 0.277 bits per heavy atom. The van der Waals surface area contributed by atoms with Gasteiger partial charge in [-0.1, -0.05) is 258 Å². The first-order valence-electron chi connectivity index (χ1n) is 31.5. The summed E-state index contributed by atoms with van der Waals surface area (Å²) in [7, 11) is 1.99. The van der Waals surface area contributed by atoms with Gasteiger partial charge in [-0.3, -0.25) is 0 Å². The van der Waals surface area contributed by atoms with Gasteiger partial charge in [-0.15, -0.1) is 85.4 Å². The number of aromatic nitrogens is 8. The number of nitrogens with zero attached hydrogens (tertiary/aromatic N) is 8. The van der Waals surface area contributed by atoms with Crippen LogP contribution in [-0.4, -0.2) is 40.3 Å². The average molecular weight is 1690 g/mol. The molecule has 12 aromatic carbocycles. The van der Waals surface area contributed by atoms with Crippen molar-refractivity contribution >= 4 is 11.3 Å². The van der Waals surface area contributed by atoms with Gasteiger partial charge < -0.3 is 13.5 Å². The molecule has 0 aliphatic rings. The molecule has 0 fully saturated rings. The molecular formula is C86H64N8O2Rh4S-4. The third-order valence-corrected chi connectivity index (χ3v) is 17.3. The Morgan fingerprint density at radius 2 is 0.604 bits per heavy atom. The first-order valence-corrected chi connectivity index (χ1v) is 32.3. The molecule has 16 aromatic rings. The molecule has 4 radical (unpaired) electrons. The molecule has 506 valence electrons. The molecule has 0 amide bonds. The van der Waals surface area contributed by atoms with Crippen LogP contribution in [0.2, 0.25) is 0 Å². The zero-order valence-corrected chi connectivity index (χ0v) is 61.9. The smallest absolute Gasteiger partial charge is 0.246 e. The van der Waals surface area contributed by atoms with Crippen molar-refractivity contribution in [2.45, 2.75) is 0 Å². The maximum Gasteiger partial charge on any atom is 0.246 e. The van der Waals surface area contributed by atoms with E-state index >= 15 is 0 Å². The van der Waals surface area contributed by atoms with Crippen molar-refractivity contribution in [2.24, 2.45) is 7.05 Å². The van der Waals surface area contributed by atoms with Crippen molar-refractivity contribution in [1.29, 1.82) is 0 Å². The van der Waals surface area contributed by atoms with Gasteiger partial charge in [0.1, 0.15) is 10.8 Å². The van der Waals surface area contributed by atoms with Crippen LogP contribution in [-0.2, 0) is 85.0 Å². The second kappa shape index (κ2) is 36.1. The van der Waals surface area contributed by atoms with E-state index in [0.29, 0.717) is 11.8 Å². The van der Waals surface area contributed by atoms with Gasteiger partial charge in [-0.2, -0.15) is 79.3 Å². The van der Waals surface area contributed by atoms with E-state index in [4.69, 9.17) is 8.94 Å². The summed E-state index contributed by atoms with van der Waals surface area (Å²) >= 11 is 1.59. The number of hydrogen-bond acceptors (Lipinski definition) is 10. The van der Waals surface area contributed by atoms with Crippen molar-refractivity contribution < 1.29 is 86.9 Å². The minimum absolute atomic E-state index is 0. The Kier molecular flexibility index (Phi) is 26.8. The second-order valence-electron chi connectivity index (χ2n) is 22.7. The number of hydrogen-bond donors (Lipinski definition) is 0. The van der Waals surface area contributed by atoms with Crippen LogP contribution in [0.25, 0.3) is 134 Å². The van der Waals surface area contributed by atoms with Crippen LogP contribution in [0.15, 0.2) is 330 Å². The van der Waals surface area contributed by atoms with Gasteiger partial charge in [-0.05, 0) is 56.6 Å². The normalized spacial score (nSPS) is 10.3. The first-order chi connectivity index (χ1) is 47.7. The van der Waals surface area contributed by atoms with Crippen molar-refractivity contribution in [1.82, 2.24) is 40.3 Å². The Balaban J connectivity index is 0.000000155. The molecular weight excluding hydrogens is 1620 g/mol. The number of rotatable bonds is 12. The molecule has 0 atom stereocenters. The van der Waals surface area contributed by atoms with Gasteiger partial charge >= 0.3 is 0 Å². The van der Waals surface area contributed by atoms with Crippen molar-refractivity contribution in [3.8, 4) is 134 Å². The molecule has 4 heterocycles. The maximum absolute atomic E-state index is 5.82. The monoisotopic (exact) mass is 1680 g/mol. The van der Waals surface area contributed by atoms with Gasteiger partial charge in [0, 0.05) is 113 Å². The zero-order valence-electron chi connectivity index (χ0n) is 54.6. The summed E-state index contributed by atoms with van der Waals surface area (Å²) in [6.07, 6.45) is 0. The van der Waals surface area contributed by atoms with Gasteiger partial charge in [0.25, 0.3) is 0 Å². The SMILES string of the molecule is [CH2-]c1ccccc1-c1cc(-c2ccc(-c3ccccc3)cc2)on1.[CH2-]c1ccccc1-c1nnc(-c2ccc(-c3ccccc3)cc2)n1C.[CH2-]c1ccccc1-c1nnc(-c2ccc(-c3ccccc3)cc2)o1.[CH2-]c1ccccc1-c1nnc(-c2ccc(-c3ccccc3)cc2)s1.[Rh].[Rh].[Rh].[Rh]. The van der Waals surface area contributed by atoms with Gasteiger partial charge in [0.15, 0.2) is 17.5 Å². The maximum atomic E-state index is 5.82. The fraction of sp³-hybridized carbons (Fsp3) is 0.0116. The molecule has 4 aromatic heterocycles. The van der Waals surface area contributed by atoms with Gasteiger partial charge in [0.2, 0.25) is 5.89 Å². The van der Waals surface area contributed by atoms with E-state index in [1.807, 2.05) is 175 Å². The molecule has 16 rings (SSSR count). The minimum atomic E-state index is 0. The standard InChI is InChI=1S/C22H18N3.C22H16NO.C21H15N2O.C21H15N2S.4Rh/c1-16-8-6-7-11-20(16)22-24-23-21(25(22)2)19-14-12-18(13-15-19)17-9-4-3-5-10-17;1-16-7-5-6-10-20(16)21-15-22(24-23-21)19-13-11-18(12-14-19)17-8-3-2-4-9-17;2*1-15-7-5-6-10-19(15)21-23-22-20(24-21)18-13-11-17(12-14-18)16-8-3-2-4-9-16;;;;/h3-15H,1H2,2H3;2-15H,1H2;2*2-14H,1H2;;;;/q4*-1;;;;. The van der Waals surface area contributed by atoms with Gasteiger partial charge in [-0.25, -0.2) is 0 Å². The van der Waals surface area contributed by atoms with E-state index in [1.54, 1.807) is 11.3 Å². The summed E-state index contributed by atoms with van der Waals surface area (Å²) in [6.45, 7) is 16.2. The summed E-state index contributed by atoms with van der Waals surface area (Å²) in [5.74, 6) is 3.43. The predicted molar refractivity (Wildman–Crippen MR) is 395 cm³/mol. The molecule has 0 bridgehead atoms. The molecule has 0 saturated carbocycles. The Bertz CT molecular complexity index is 4820. The molecule has 0 aliphatic carbocycles. The quantitative estimate of drug-likeness (QED) is 0.0869. The van der Waals surface area contributed by atoms with Crippen LogP contribution >= 0.6 is 11.3 Å². The molecule has 10 nitrogen and oxygen atoms in total. The minimum Gasteiger partial charge on any atom is -0.428 e. The van der Waals surface area contributed by atoms with Crippen LogP contribution in [0.1, 0.15) is 22.3 Å². The molecule has 0 aliphatic heterocycles. The van der Waals surface area contributed by atoms with E-state index in [-0.39, 0.29) is 77.9 Å². The molecule has 0 N–H and O–H groups in total. The van der Waals surface area contributed by atoms with E-state index in [2.05, 4.69) is 221 Å². The molecule has 0 spiro atoms. The van der Waals surface area contributed by atoms with E-state index in [0.717, 1.165) is 105 Å². The third-order valence-electron chi connectivity index (χ3n) is 16.3. The van der Waals surface area contributed by atoms with Crippen LogP contribution < -0.4 is 0 Å².